The molecule has 0 fully saturated rings. The molecular weight excluding hydrogens is 348 g/mol. The first-order chi connectivity index (χ1) is 12.7. The van der Waals surface area contributed by atoms with Crippen molar-refractivity contribution in [3.63, 3.8) is 0 Å². The van der Waals surface area contributed by atoms with E-state index < -0.39 is 0 Å². The molecule has 0 saturated carbocycles. The molecule has 1 heterocycles. The van der Waals surface area contributed by atoms with Gasteiger partial charge in [-0.2, -0.15) is 0 Å². The Kier molecular flexibility index (Phi) is 5.86. The lowest BCUT2D eigenvalue weighted by atomic mass is 10.1. The summed E-state index contributed by atoms with van der Waals surface area (Å²) >= 11 is 1.36. The van der Waals surface area contributed by atoms with E-state index in [1.165, 1.54) is 16.9 Å². The molecule has 1 N–H and O–H groups in total. The van der Waals surface area contributed by atoms with Crippen molar-refractivity contribution in [2.45, 2.75) is 13.3 Å². The average Bonchev–Trinajstić information content (AvgIpc) is 3.15. The van der Waals surface area contributed by atoms with Crippen LogP contribution in [0.4, 0.5) is 5.13 Å². The van der Waals surface area contributed by atoms with Crippen LogP contribution in [0.1, 0.15) is 12.5 Å². The number of benzene rings is 2. The van der Waals surface area contributed by atoms with E-state index in [0.717, 1.165) is 23.4 Å². The zero-order valence-electron chi connectivity index (χ0n) is 14.7. The van der Waals surface area contributed by atoms with Crippen molar-refractivity contribution < 1.29 is 14.3 Å². The molecule has 1 aromatic heterocycles. The van der Waals surface area contributed by atoms with Crippen molar-refractivity contribution in [3.05, 3.63) is 59.5 Å². The molecular formula is C20H20N2O3S. The molecule has 0 bridgehead atoms. The Morgan fingerprint density at radius 1 is 1.15 bits per heavy atom. The van der Waals surface area contributed by atoms with Crippen LogP contribution in [0.15, 0.2) is 53.9 Å². The second kappa shape index (κ2) is 8.49. The Morgan fingerprint density at radius 3 is 2.65 bits per heavy atom. The highest BCUT2D eigenvalue weighted by atomic mass is 32.1. The highest BCUT2D eigenvalue weighted by molar-refractivity contribution is 7.14. The summed E-state index contributed by atoms with van der Waals surface area (Å²) in [7, 11) is 1.62. The van der Waals surface area contributed by atoms with Crippen LogP contribution in [0.3, 0.4) is 0 Å². The number of carbonyl (C=O) groups excluding carboxylic acids is 1. The van der Waals surface area contributed by atoms with Gasteiger partial charge in [-0.25, -0.2) is 4.98 Å². The zero-order chi connectivity index (χ0) is 18.4. The topological polar surface area (TPSA) is 60.5 Å². The first-order valence-corrected chi connectivity index (χ1v) is 9.18. The van der Waals surface area contributed by atoms with Crippen LogP contribution in [0, 0.1) is 0 Å². The third-order valence-electron chi connectivity index (χ3n) is 3.83. The minimum atomic E-state index is -0.245. The number of nitrogens with zero attached hydrogens (tertiary/aromatic N) is 1. The molecule has 0 saturated heterocycles. The number of nitrogens with one attached hydrogen (secondary N) is 1. The summed E-state index contributed by atoms with van der Waals surface area (Å²) in [5, 5.41) is 5.18. The van der Waals surface area contributed by atoms with Crippen LogP contribution in [-0.4, -0.2) is 24.6 Å². The first-order valence-electron chi connectivity index (χ1n) is 8.30. The van der Waals surface area contributed by atoms with Crippen LogP contribution in [0.5, 0.6) is 11.5 Å². The minimum absolute atomic E-state index is 0.0605. The Balaban J connectivity index is 1.59. The van der Waals surface area contributed by atoms with E-state index in [9.17, 15) is 4.79 Å². The summed E-state index contributed by atoms with van der Waals surface area (Å²) in [6, 6.07) is 15.4. The summed E-state index contributed by atoms with van der Waals surface area (Å²) < 4.78 is 10.9. The largest absolute Gasteiger partial charge is 0.496 e. The summed E-state index contributed by atoms with van der Waals surface area (Å²) in [5.41, 5.74) is 2.88. The van der Waals surface area contributed by atoms with Crippen molar-refractivity contribution in [2.75, 3.05) is 19.0 Å². The van der Waals surface area contributed by atoms with Crippen LogP contribution >= 0.6 is 11.3 Å². The molecule has 5 nitrogen and oxygen atoms in total. The number of ether oxygens (including phenoxy) is 2. The van der Waals surface area contributed by atoms with E-state index in [1.807, 2.05) is 53.9 Å². The second-order valence-corrected chi connectivity index (χ2v) is 6.43. The standard InChI is InChI=1S/C20H20N2O3S/c1-3-14-8-10-15(11-9-14)25-12-19(23)22-20-21-17(13-26-20)16-6-4-5-7-18(16)24-2/h4-11,13H,3,12H2,1-2H3,(H,21,22,23). The van der Waals surface area contributed by atoms with Crippen molar-refractivity contribution in [3.8, 4) is 22.8 Å². The van der Waals surface area contributed by atoms with Crippen LogP contribution in [0.2, 0.25) is 0 Å². The van der Waals surface area contributed by atoms with Crippen LogP contribution < -0.4 is 14.8 Å². The fraction of sp³-hybridized carbons (Fsp3) is 0.200. The van der Waals surface area contributed by atoms with Gasteiger partial charge in [0.05, 0.1) is 12.8 Å². The number of anilines is 1. The Morgan fingerprint density at radius 2 is 1.92 bits per heavy atom. The van der Waals surface area contributed by atoms with Gasteiger partial charge in [0.25, 0.3) is 5.91 Å². The van der Waals surface area contributed by atoms with Gasteiger partial charge in [0.15, 0.2) is 11.7 Å². The molecule has 2 aromatic carbocycles. The van der Waals surface area contributed by atoms with E-state index in [0.29, 0.717) is 10.9 Å². The molecule has 0 spiro atoms. The molecule has 6 heteroatoms. The number of hydrogen-bond donors (Lipinski definition) is 1. The van der Waals surface area contributed by atoms with Crippen molar-refractivity contribution in [2.24, 2.45) is 0 Å². The molecule has 0 radical (unpaired) electrons. The number of methoxy groups -OCH3 is 1. The maximum Gasteiger partial charge on any atom is 0.264 e. The average molecular weight is 368 g/mol. The lowest BCUT2D eigenvalue weighted by Gasteiger charge is -2.07. The van der Waals surface area contributed by atoms with Gasteiger partial charge in [0, 0.05) is 10.9 Å². The van der Waals surface area contributed by atoms with Gasteiger partial charge in [-0.3, -0.25) is 10.1 Å². The van der Waals surface area contributed by atoms with Crippen LogP contribution in [-0.2, 0) is 11.2 Å². The third kappa shape index (κ3) is 4.40. The Hall–Kier alpha value is -2.86. The molecule has 26 heavy (non-hydrogen) atoms. The van der Waals surface area contributed by atoms with Gasteiger partial charge in [0.2, 0.25) is 0 Å². The fourth-order valence-electron chi connectivity index (χ4n) is 2.44. The quantitative estimate of drug-likeness (QED) is 0.671. The maximum absolute atomic E-state index is 12.1. The maximum atomic E-state index is 12.1. The second-order valence-electron chi connectivity index (χ2n) is 5.57. The summed E-state index contributed by atoms with van der Waals surface area (Å²) in [6.45, 7) is 2.03. The SMILES string of the molecule is CCc1ccc(OCC(=O)Nc2nc(-c3ccccc3OC)cs2)cc1. The van der Waals surface area contributed by atoms with Gasteiger partial charge in [-0.1, -0.05) is 31.2 Å². The van der Waals surface area contributed by atoms with Gasteiger partial charge in [0.1, 0.15) is 11.5 Å². The van der Waals surface area contributed by atoms with Crippen LogP contribution in [0.25, 0.3) is 11.3 Å². The molecule has 0 aliphatic rings. The monoisotopic (exact) mass is 368 g/mol. The number of thiazole rings is 1. The van der Waals surface area contributed by atoms with Crippen molar-refractivity contribution in [1.82, 2.24) is 4.98 Å². The van der Waals surface area contributed by atoms with Gasteiger partial charge >= 0.3 is 0 Å². The highest BCUT2D eigenvalue weighted by Gasteiger charge is 2.11. The van der Waals surface area contributed by atoms with Gasteiger partial charge in [-0.05, 0) is 36.2 Å². The van der Waals surface area contributed by atoms with Crippen molar-refractivity contribution in [1.29, 1.82) is 0 Å². The molecule has 0 aliphatic carbocycles. The highest BCUT2D eigenvalue weighted by Crippen LogP contribution is 2.31. The summed E-state index contributed by atoms with van der Waals surface area (Å²) in [5.74, 6) is 1.17. The molecule has 0 aliphatic heterocycles. The summed E-state index contributed by atoms with van der Waals surface area (Å²) in [6.07, 6.45) is 0.972. The Labute approximate surface area is 156 Å². The molecule has 1 amide bonds. The molecule has 3 aromatic rings. The number of hydrogen-bond acceptors (Lipinski definition) is 5. The number of aryl methyl sites for hydroxylation is 1. The predicted molar refractivity (Wildman–Crippen MR) is 104 cm³/mol. The number of carbonyl (C=O) groups is 1. The molecule has 3 rings (SSSR count). The lowest BCUT2D eigenvalue weighted by molar-refractivity contribution is -0.118. The van der Waals surface area contributed by atoms with Crippen molar-refractivity contribution >= 4 is 22.4 Å². The summed E-state index contributed by atoms with van der Waals surface area (Å²) in [4.78, 5) is 16.5. The van der Waals surface area contributed by atoms with E-state index in [2.05, 4.69) is 17.2 Å². The molecule has 0 atom stereocenters. The third-order valence-corrected chi connectivity index (χ3v) is 4.59. The minimum Gasteiger partial charge on any atom is -0.496 e. The van der Waals surface area contributed by atoms with E-state index in [1.54, 1.807) is 7.11 Å². The number of para-hydroxylation sites is 1. The van der Waals surface area contributed by atoms with Gasteiger partial charge < -0.3 is 9.47 Å². The van der Waals surface area contributed by atoms with E-state index in [-0.39, 0.29) is 12.5 Å². The molecule has 0 unspecified atom stereocenters. The first kappa shape index (κ1) is 17.9. The van der Waals surface area contributed by atoms with E-state index >= 15 is 0 Å². The lowest BCUT2D eigenvalue weighted by Crippen LogP contribution is -2.20. The predicted octanol–water partition coefficient (Wildman–Crippen LogP) is 4.40. The van der Waals surface area contributed by atoms with E-state index in [4.69, 9.17) is 9.47 Å². The normalized spacial score (nSPS) is 10.4. The smallest absolute Gasteiger partial charge is 0.264 e. The zero-order valence-corrected chi connectivity index (χ0v) is 15.5. The number of amides is 1. The Bertz CT molecular complexity index is 875. The number of aromatic nitrogens is 1. The fourth-order valence-corrected chi connectivity index (χ4v) is 3.16. The number of rotatable bonds is 7. The molecule has 134 valence electrons. The van der Waals surface area contributed by atoms with Gasteiger partial charge in [-0.15, -0.1) is 11.3 Å².